The van der Waals surface area contributed by atoms with Gasteiger partial charge in [-0.05, 0) is 25.6 Å². The van der Waals surface area contributed by atoms with Gasteiger partial charge in [-0.2, -0.15) is 0 Å². The average Bonchev–Trinajstić information content (AvgIpc) is 3.08. The van der Waals surface area contributed by atoms with Crippen molar-refractivity contribution in [2.45, 2.75) is 20.4 Å². The zero-order chi connectivity index (χ0) is 14.4. The van der Waals surface area contributed by atoms with Crippen LogP contribution < -0.4 is 5.32 Å². The number of rotatable bonds is 7. The Kier molecular flexibility index (Phi) is 5.31. The number of likely N-dealkylation sites (N-methyl/N-ethyl adjacent to an activating group) is 2. The lowest BCUT2D eigenvalue weighted by Crippen LogP contribution is -2.36. The van der Waals surface area contributed by atoms with Crippen LogP contribution in [0, 0.1) is 0 Å². The van der Waals surface area contributed by atoms with Crippen LogP contribution in [0.2, 0.25) is 0 Å². The first kappa shape index (κ1) is 14.7. The van der Waals surface area contributed by atoms with Crippen LogP contribution >= 0.6 is 11.3 Å². The van der Waals surface area contributed by atoms with Gasteiger partial charge >= 0.3 is 0 Å². The summed E-state index contributed by atoms with van der Waals surface area (Å²) in [7, 11) is 0. The molecular formula is C14H19N3O2S. The third-order valence-electron chi connectivity index (χ3n) is 2.86. The highest BCUT2D eigenvalue weighted by Crippen LogP contribution is 2.24. The largest absolute Gasteiger partial charge is 0.462 e. The molecule has 0 atom stereocenters. The quantitative estimate of drug-likeness (QED) is 0.851. The fourth-order valence-corrected chi connectivity index (χ4v) is 2.63. The third-order valence-corrected chi connectivity index (χ3v) is 3.76. The maximum Gasteiger partial charge on any atom is 0.234 e. The number of nitrogens with one attached hydrogen (secondary N) is 1. The second-order valence-electron chi connectivity index (χ2n) is 4.38. The van der Waals surface area contributed by atoms with Crippen molar-refractivity contribution < 1.29 is 9.21 Å². The minimum Gasteiger partial charge on any atom is -0.462 e. The first-order valence-corrected chi connectivity index (χ1v) is 7.58. The second-order valence-corrected chi connectivity index (χ2v) is 5.24. The van der Waals surface area contributed by atoms with E-state index in [0.717, 1.165) is 23.0 Å². The Hall–Kier alpha value is -1.66. The molecular weight excluding hydrogens is 274 g/mol. The summed E-state index contributed by atoms with van der Waals surface area (Å²) >= 11 is 1.56. The predicted octanol–water partition coefficient (Wildman–Crippen LogP) is 2.36. The summed E-state index contributed by atoms with van der Waals surface area (Å²) in [5.74, 6) is 0.837. The molecule has 0 unspecified atom stereocenters. The predicted molar refractivity (Wildman–Crippen MR) is 79.5 cm³/mol. The van der Waals surface area contributed by atoms with E-state index in [1.165, 1.54) is 0 Å². The lowest BCUT2D eigenvalue weighted by Gasteiger charge is -2.18. The van der Waals surface area contributed by atoms with Crippen molar-refractivity contribution in [1.82, 2.24) is 15.2 Å². The molecule has 0 saturated carbocycles. The van der Waals surface area contributed by atoms with Gasteiger partial charge in [0.25, 0.3) is 0 Å². The van der Waals surface area contributed by atoms with Gasteiger partial charge in [-0.3, -0.25) is 9.69 Å². The van der Waals surface area contributed by atoms with Crippen LogP contribution in [0.25, 0.3) is 10.8 Å². The lowest BCUT2D eigenvalue weighted by atomic mass is 10.4. The Bertz CT molecular complexity index is 536. The molecule has 0 aliphatic heterocycles. The van der Waals surface area contributed by atoms with E-state index in [-0.39, 0.29) is 5.91 Å². The molecule has 0 radical (unpaired) electrons. The molecule has 0 aliphatic rings. The molecule has 1 N–H and O–H groups in total. The summed E-state index contributed by atoms with van der Waals surface area (Å²) in [4.78, 5) is 18.2. The molecule has 2 rings (SSSR count). The molecule has 1 amide bonds. The molecule has 5 nitrogen and oxygen atoms in total. The molecule has 0 aromatic carbocycles. The van der Waals surface area contributed by atoms with Gasteiger partial charge in [-0.1, -0.05) is 6.92 Å². The van der Waals surface area contributed by atoms with Crippen molar-refractivity contribution in [3.05, 3.63) is 29.5 Å². The smallest absolute Gasteiger partial charge is 0.234 e. The summed E-state index contributed by atoms with van der Waals surface area (Å²) < 4.78 is 5.33. The van der Waals surface area contributed by atoms with Gasteiger partial charge in [0.2, 0.25) is 5.91 Å². The number of furan rings is 1. The van der Waals surface area contributed by atoms with Crippen molar-refractivity contribution >= 4 is 17.2 Å². The van der Waals surface area contributed by atoms with E-state index in [0.29, 0.717) is 19.6 Å². The first-order chi connectivity index (χ1) is 9.72. The van der Waals surface area contributed by atoms with Gasteiger partial charge in [-0.15, -0.1) is 11.3 Å². The van der Waals surface area contributed by atoms with Gasteiger partial charge in [0.15, 0.2) is 10.8 Å². The highest BCUT2D eigenvalue weighted by molar-refractivity contribution is 7.13. The van der Waals surface area contributed by atoms with Gasteiger partial charge in [0.05, 0.1) is 18.5 Å². The van der Waals surface area contributed by atoms with E-state index in [9.17, 15) is 4.79 Å². The van der Waals surface area contributed by atoms with Crippen LogP contribution in [0.1, 0.15) is 19.5 Å². The molecule has 0 saturated heterocycles. The minimum absolute atomic E-state index is 0.0517. The molecule has 0 aliphatic carbocycles. The van der Waals surface area contributed by atoms with Crippen molar-refractivity contribution in [1.29, 1.82) is 0 Å². The molecule has 108 valence electrons. The topological polar surface area (TPSA) is 58.4 Å². The van der Waals surface area contributed by atoms with E-state index < -0.39 is 0 Å². The van der Waals surface area contributed by atoms with Crippen molar-refractivity contribution in [3.8, 4) is 10.8 Å². The second kappa shape index (κ2) is 7.21. The fraction of sp³-hybridized carbons (Fsp3) is 0.429. The summed E-state index contributed by atoms with van der Waals surface area (Å²) in [6.07, 6.45) is 1.64. The van der Waals surface area contributed by atoms with Crippen LogP contribution in [0.5, 0.6) is 0 Å². The summed E-state index contributed by atoms with van der Waals surface area (Å²) in [5, 5.41) is 5.70. The lowest BCUT2D eigenvalue weighted by molar-refractivity contribution is -0.122. The summed E-state index contributed by atoms with van der Waals surface area (Å²) in [6.45, 7) is 6.51. The van der Waals surface area contributed by atoms with Crippen LogP contribution in [-0.2, 0) is 11.3 Å². The highest BCUT2D eigenvalue weighted by atomic mass is 32.1. The van der Waals surface area contributed by atoms with E-state index >= 15 is 0 Å². The van der Waals surface area contributed by atoms with Crippen LogP contribution in [-0.4, -0.2) is 35.4 Å². The molecule has 2 heterocycles. The molecule has 6 heteroatoms. The number of carbonyl (C=O) groups is 1. The standard InChI is InChI=1S/C14H19N3O2S/c1-3-15-13(18)9-17(4-2)8-11-10-20-14(16-11)12-6-5-7-19-12/h5-7,10H,3-4,8-9H2,1-2H3,(H,15,18). The average molecular weight is 293 g/mol. The number of nitrogens with zero attached hydrogens (tertiary/aromatic N) is 2. The molecule has 2 aromatic rings. The fourth-order valence-electron chi connectivity index (χ4n) is 1.86. The van der Waals surface area contributed by atoms with Crippen LogP contribution in [0.4, 0.5) is 0 Å². The Labute approximate surface area is 122 Å². The zero-order valence-corrected chi connectivity index (χ0v) is 12.6. The molecule has 0 fully saturated rings. The van der Waals surface area contributed by atoms with Crippen molar-refractivity contribution in [2.75, 3.05) is 19.6 Å². The Morgan fingerprint density at radius 3 is 3.00 bits per heavy atom. The van der Waals surface area contributed by atoms with Crippen LogP contribution in [0.15, 0.2) is 28.2 Å². The number of amides is 1. The van der Waals surface area contributed by atoms with Gasteiger partial charge < -0.3 is 9.73 Å². The maximum atomic E-state index is 11.6. The van der Waals surface area contributed by atoms with E-state index in [1.54, 1.807) is 17.6 Å². The number of aromatic nitrogens is 1. The molecule has 0 spiro atoms. The van der Waals surface area contributed by atoms with Crippen molar-refractivity contribution in [2.24, 2.45) is 0 Å². The minimum atomic E-state index is 0.0517. The Balaban J connectivity index is 1.96. The van der Waals surface area contributed by atoms with E-state index in [4.69, 9.17) is 4.42 Å². The Morgan fingerprint density at radius 2 is 2.35 bits per heavy atom. The zero-order valence-electron chi connectivity index (χ0n) is 11.8. The monoisotopic (exact) mass is 293 g/mol. The first-order valence-electron chi connectivity index (χ1n) is 6.70. The summed E-state index contributed by atoms with van der Waals surface area (Å²) in [5.41, 5.74) is 0.965. The number of hydrogen-bond donors (Lipinski definition) is 1. The van der Waals surface area contributed by atoms with Gasteiger partial charge in [-0.25, -0.2) is 4.98 Å². The SMILES string of the molecule is CCNC(=O)CN(CC)Cc1csc(-c2ccco2)n1. The van der Waals surface area contributed by atoms with Crippen LogP contribution in [0.3, 0.4) is 0 Å². The third kappa shape index (κ3) is 3.91. The number of hydrogen-bond acceptors (Lipinski definition) is 5. The Morgan fingerprint density at radius 1 is 1.50 bits per heavy atom. The molecule has 20 heavy (non-hydrogen) atoms. The normalized spacial score (nSPS) is 10.9. The van der Waals surface area contributed by atoms with Crippen molar-refractivity contribution in [3.63, 3.8) is 0 Å². The van der Waals surface area contributed by atoms with E-state index in [1.807, 2.05) is 31.4 Å². The van der Waals surface area contributed by atoms with E-state index in [2.05, 4.69) is 15.2 Å². The highest BCUT2D eigenvalue weighted by Gasteiger charge is 2.12. The number of carbonyl (C=O) groups excluding carboxylic acids is 1. The molecule has 2 aromatic heterocycles. The number of thiazole rings is 1. The van der Waals surface area contributed by atoms with Gasteiger partial charge in [0, 0.05) is 18.5 Å². The maximum absolute atomic E-state index is 11.6. The van der Waals surface area contributed by atoms with Gasteiger partial charge in [0.1, 0.15) is 0 Å². The molecule has 0 bridgehead atoms. The summed E-state index contributed by atoms with van der Waals surface area (Å²) in [6, 6.07) is 3.75.